The Morgan fingerprint density at radius 3 is 2.08 bits per heavy atom. The first-order valence-corrected chi connectivity index (χ1v) is 20.0. The summed E-state index contributed by atoms with van der Waals surface area (Å²) < 4.78 is 21.9. The fourth-order valence-electron chi connectivity index (χ4n) is 6.17. The van der Waals surface area contributed by atoms with E-state index in [1.165, 1.54) is 18.7 Å². The summed E-state index contributed by atoms with van der Waals surface area (Å²) in [5, 5.41) is 17.7. The van der Waals surface area contributed by atoms with Crippen molar-refractivity contribution in [3.05, 3.63) is 71.6 Å². The molecule has 1 aromatic carbocycles. The van der Waals surface area contributed by atoms with Crippen LogP contribution in [0.25, 0.3) is 11.1 Å². The maximum atomic E-state index is 12.5. The van der Waals surface area contributed by atoms with Gasteiger partial charge in [0.15, 0.2) is 5.58 Å². The van der Waals surface area contributed by atoms with E-state index in [-0.39, 0.29) is 42.4 Å². The zero-order valence-corrected chi connectivity index (χ0v) is 33.8. The van der Waals surface area contributed by atoms with E-state index in [9.17, 15) is 9.59 Å². The summed E-state index contributed by atoms with van der Waals surface area (Å²) in [6.45, 7) is 6.68. The van der Waals surface area contributed by atoms with Gasteiger partial charge in [-0.25, -0.2) is 29.9 Å². The summed E-state index contributed by atoms with van der Waals surface area (Å²) >= 11 is 0. The standard InChI is InChI=1S/C39H52N16O6/c40-20-26-21-47-38(48-22-26)54-9-11-55(12-10-54)39-49-23-28(24-50-39)36(57)46-8-14-59-16-18-60-17-15-58-13-5-31(56)44-6-1-2-7-45-35-32(34(42)51-25-52-35)33(41)27-3-4-30-29(19-27)53-37(43)61-30/h3-4,19,21-25,41H,1-2,5-18,20,40H2,(H2,43,53)(H,44,56)(H,46,57)(H3,42,45,51,52). The van der Waals surface area contributed by atoms with Crippen LogP contribution in [0.15, 0.2) is 53.7 Å². The van der Waals surface area contributed by atoms with Crippen LogP contribution in [0.3, 0.4) is 0 Å². The second kappa shape index (κ2) is 22.7. The van der Waals surface area contributed by atoms with Crippen molar-refractivity contribution in [3.63, 3.8) is 0 Å². The first-order valence-electron chi connectivity index (χ1n) is 20.0. The number of anilines is 5. The summed E-state index contributed by atoms with van der Waals surface area (Å²) in [7, 11) is 0. The van der Waals surface area contributed by atoms with Gasteiger partial charge in [0.25, 0.3) is 11.9 Å². The molecule has 22 heteroatoms. The average molecular weight is 841 g/mol. The molecule has 1 saturated heterocycles. The van der Waals surface area contributed by atoms with Crippen molar-refractivity contribution in [2.24, 2.45) is 5.73 Å². The van der Waals surface area contributed by atoms with Gasteiger partial charge in [-0.2, -0.15) is 4.98 Å². The fraction of sp³-hybridized carbons (Fsp3) is 0.436. The molecule has 1 aliphatic heterocycles. The molecule has 10 N–H and O–H groups in total. The lowest BCUT2D eigenvalue weighted by Gasteiger charge is -2.34. The number of aromatic nitrogens is 7. The number of unbranched alkanes of at least 4 members (excludes halogenated alkanes) is 1. The third-order valence-corrected chi connectivity index (χ3v) is 9.46. The smallest absolute Gasteiger partial charge is 0.292 e. The zero-order valence-electron chi connectivity index (χ0n) is 33.8. The van der Waals surface area contributed by atoms with Gasteiger partial charge in [-0.15, -0.1) is 0 Å². The number of rotatable bonds is 24. The molecule has 0 radical (unpaired) electrons. The number of benzene rings is 1. The molecule has 1 aliphatic rings. The number of oxazole rings is 1. The van der Waals surface area contributed by atoms with Crippen LogP contribution in [0.2, 0.25) is 0 Å². The number of nitrogens with one attached hydrogen (secondary N) is 4. The zero-order chi connectivity index (χ0) is 42.8. The number of ether oxygens (including phenoxy) is 3. The summed E-state index contributed by atoms with van der Waals surface area (Å²) in [4.78, 5) is 59.0. The molecule has 0 spiro atoms. The van der Waals surface area contributed by atoms with E-state index in [2.05, 4.69) is 60.6 Å². The quantitative estimate of drug-likeness (QED) is 0.0333. The van der Waals surface area contributed by atoms with Gasteiger partial charge in [-0.3, -0.25) is 15.0 Å². The van der Waals surface area contributed by atoms with Crippen LogP contribution in [0.1, 0.15) is 46.3 Å². The number of hydrogen-bond acceptors (Lipinski definition) is 20. The maximum Gasteiger partial charge on any atom is 0.292 e. The molecule has 324 valence electrons. The molecule has 5 heterocycles. The third kappa shape index (κ3) is 12.9. The molecule has 6 rings (SSSR count). The van der Waals surface area contributed by atoms with Gasteiger partial charge in [0.1, 0.15) is 23.5 Å². The molecule has 1 fully saturated rings. The first kappa shape index (κ1) is 43.9. The van der Waals surface area contributed by atoms with Crippen molar-refractivity contribution in [2.75, 3.05) is 112 Å². The molecule has 0 unspecified atom stereocenters. The normalized spacial score (nSPS) is 12.7. The van der Waals surface area contributed by atoms with Crippen LogP contribution < -0.4 is 43.0 Å². The average Bonchev–Trinajstić information content (AvgIpc) is 3.67. The number of carbonyl (C=O) groups excluding carboxylic acids is 2. The Morgan fingerprint density at radius 1 is 0.754 bits per heavy atom. The van der Waals surface area contributed by atoms with Crippen LogP contribution >= 0.6 is 0 Å². The fourth-order valence-corrected chi connectivity index (χ4v) is 6.17. The van der Waals surface area contributed by atoms with Gasteiger partial charge in [0.2, 0.25) is 17.8 Å². The Hall–Kier alpha value is -6.62. The van der Waals surface area contributed by atoms with Crippen LogP contribution in [-0.2, 0) is 25.5 Å². The molecular formula is C39H52N16O6. The van der Waals surface area contributed by atoms with Gasteiger partial charge in [-0.05, 0) is 31.0 Å². The van der Waals surface area contributed by atoms with E-state index in [0.717, 1.165) is 31.5 Å². The predicted octanol–water partition coefficient (Wildman–Crippen LogP) is 0.742. The highest BCUT2D eigenvalue weighted by atomic mass is 16.5. The highest BCUT2D eigenvalue weighted by Gasteiger charge is 2.22. The third-order valence-electron chi connectivity index (χ3n) is 9.46. The lowest BCUT2D eigenvalue weighted by Crippen LogP contribution is -2.47. The Bertz CT molecular complexity index is 2180. The lowest BCUT2D eigenvalue weighted by atomic mass is 10.0. The summed E-state index contributed by atoms with van der Waals surface area (Å²) in [6.07, 6.45) is 9.59. The van der Waals surface area contributed by atoms with Crippen molar-refractivity contribution < 1.29 is 28.2 Å². The monoisotopic (exact) mass is 840 g/mol. The molecule has 4 aromatic heterocycles. The minimum absolute atomic E-state index is 0.0492. The number of fused-ring (bicyclic) bond motifs is 1. The van der Waals surface area contributed by atoms with Crippen LogP contribution in [0.4, 0.5) is 29.5 Å². The Balaban J connectivity index is 0.733. The minimum Gasteiger partial charge on any atom is -0.424 e. The van der Waals surface area contributed by atoms with E-state index >= 15 is 0 Å². The Labute approximate surface area is 351 Å². The molecular weight excluding hydrogens is 789 g/mol. The molecule has 0 bridgehead atoms. The topological polar surface area (TPSA) is 310 Å². The summed E-state index contributed by atoms with van der Waals surface area (Å²) in [5.41, 5.74) is 20.8. The van der Waals surface area contributed by atoms with Crippen molar-refractivity contribution in [2.45, 2.75) is 25.8 Å². The molecule has 0 atom stereocenters. The van der Waals surface area contributed by atoms with Gasteiger partial charge in [0.05, 0.1) is 56.5 Å². The van der Waals surface area contributed by atoms with Crippen LogP contribution in [-0.4, -0.2) is 138 Å². The van der Waals surface area contributed by atoms with Gasteiger partial charge in [-0.1, -0.05) is 0 Å². The predicted molar refractivity (Wildman–Crippen MR) is 227 cm³/mol. The first-order chi connectivity index (χ1) is 29.8. The molecule has 5 aromatic rings. The van der Waals surface area contributed by atoms with Gasteiger partial charge < -0.3 is 61.6 Å². The Kier molecular flexibility index (Phi) is 16.3. The molecule has 61 heavy (non-hydrogen) atoms. The largest absolute Gasteiger partial charge is 0.424 e. The highest BCUT2D eigenvalue weighted by molar-refractivity contribution is 6.17. The number of hydrogen-bond donors (Lipinski definition) is 7. The van der Waals surface area contributed by atoms with Crippen molar-refractivity contribution in [3.8, 4) is 0 Å². The van der Waals surface area contributed by atoms with Crippen molar-refractivity contribution >= 4 is 58.2 Å². The molecule has 0 aliphatic carbocycles. The number of piperazine rings is 1. The Morgan fingerprint density at radius 2 is 1.39 bits per heavy atom. The maximum absolute atomic E-state index is 12.5. The lowest BCUT2D eigenvalue weighted by molar-refractivity contribution is -0.122. The van der Waals surface area contributed by atoms with E-state index in [1.54, 1.807) is 30.6 Å². The van der Waals surface area contributed by atoms with Crippen LogP contribution in [0.5, 0.6) is 0 Å². The number of amides is 2. The SMILES string of the molecule is N=C(c1ccc2oc(N)nc2c1)c1c(N)ncnc1NCCCCNC(=O)CCOCCOCCOCCNC(=O)c1cnc(N2CCN(c3ncc(CN)cn3)CC2)nc1. The molecule has 22 nitrogen and oxygen atoms in total. The number of carbonyl (C=O) groups is 2. The molecule has 0 saturated carbocycles. The second-order valence-electron chi connectivity index (χ2n) is 13.8. The van der Waals surface area contributed by atoms with Crippen molar-refractivity contribution in [1.82, 2.24) is 45.5 Å². The summed E-state index contributed by atoms with van der Waals surface area (Å²) in [6, 6.07) is 5.17. The van der Waals surface area contributed by atoms with E-state index < -0.39 is 0 Å². The number of nitrogens with two attached hydrogens (primary N) is 3. The van der Waals surface area contributed by atoms with Gasteiger partial charge >= 0.3 is 0 Å². The van der Waals surface area contributed by atoms with E-state index in [1.807, 2.05) is 0 Å². The van der Waals surface area contributed by atoms with Crippen LogP contribution in [0, 0.1) is 5.41 Å². The van der Waals surface area contributed by atoms with Crippen molar-refractivity contribution in [1.29, 1.82) is 5.41 Å². The minimum atomic E-state index is -0.279. The number of nitrogens with zero attached hydrogens (tertiary/aromatic N) is 9. The van der Waals surface area contributed by atoms with E-state index in [4.69, 9.17) is 41.2 Å². The second-order valence-corrected chi connectivity index (χ2v) is 13.8. The number of nitrogen functional groups attached to an aromatic ring is 2. The van der Waals surface area contributed by atoms with E-state index in [0.29, 0.717) is 118 Å². The van der Waals surface area contributed by atoms with Gasteiger partial charge in [0, 0.05) is 94.7 Å². The molecule has 2 amide bonds. The highest BCUT2D eigenvalue weighted by Crippen LogP contribution is 2.25. The summed E-state index contributed by atoms with van der Waals surface area (Å²) in [5.74, 6) is 1.48.